The first-order chi connectivity index (χ1) is 9.22. The lowest BCUT2D eigenvalue weighted by Crippen LogP contribution is -2.17. The van der Waals surface area contributed by atoms with Gasteiger partial charge in [-0.3, -0.25) is 0 Å². The number of nitrogens with one attached hydrogen (secondary N) is 1. The SMILES string of the molecule is COc1cccc([C@@H](C)NCc2ccc(C#N)o2)c1. The fraction of sp³-hybridized carbons (Fsp3) is 0.267. The summed E-state index contributed by atoms with van der Waals surface area (Å²) in [6.07, 6.45) is 0. The van der Waals surface area contributed by atoms with Crippen LogP contribution in [0.2, 0.25) is 0 Å². The van der Waals surface area contributed by atoms with Crippen LogP contribution in [0.15, 0.2) is 40.8 Å². The second kappa shape index (κ2) is 6.07. The van der Waals surface area contributed by atoms with Gasteiger partial charge in [0.1, 0.15) is 17.6 Å². The lowest BCUT2D eigenvalue weighted by atomic mass is 10.1. The zero-order valence-corrected chi connectivity index (χ0v) is 11.0. The van der Waals surface area contributed by atoms with Crippen molar-refractivity contribution in [2.24, 2.45) is 0 Å². The minimum Gasteiger partial charge on any atom is -0.497 e. The fourth-order valence-corrected chi connectivity index (χ4v) is 1.82. The van der Waals surface area contributed by atoms with Crippen molar-refractivity contribution in [3.63, 3.8) is 0 Å². The molecule has 0 aliphatic carbocycles. The van der Waals surface area contributed by atoms with E-state index in [0.29, 0.717) is 12.3 Å². The van der Waals surface area contributed by atoms with Crippen LogP contribution in [0.3, 0.4) is 0 Å². The number of furan rings is 1. The molecule has 19 heavy (non-hydrogen) atoms. The van der Waals surface area contributed by atoms with Crippen molar-refractivity contribution in [3.8, 4) is 11.8 Å². The Hall–Kier alpha value is -2.25. The number of hydrogen-bond acceptors (Lipinski definition) is 4. The largest absolute Gasteiger partial charge is 0.497 e. The lowest BCUT2D eigenvalue weighted by molar-refractivity contribution is 0.412. The Kier molecular flexibility index (Phi) is 4.22. The maximum atomic E-state index is 8.69. The summed E-state index contributed by atoms with van der Waals surface area (Å²) in [5.41, 5.74) is 1.14. The van der Waals surface area contributed by atoms with E-state index in [1.165, 1.54) is 0 Å². The molecule has 0 bridgehead atoms. The molecule has 0 spiro atoms. The van der Waals surface area contributed by atoms with E-state index in [1.807, 2.05) is 36.4 Å². The summed E-state index contributed by atoms with van der Waals surface area (Å²) in [6.45, 7) is 2.66. The Morgan fingerprint density at radius 3 is 2.89 bits per heavy atom. The zero-order valence-electron chi connectivity index (χ0n) is 11.0. The molecule has 0 saturated carbocycles. The predicted molar refractivity (Wildman–Crippen MR) is 71.7 cm³/mol. The molecule has 0 unspecified atom stereocenters. The quantitative estimate of drug-likeness (QED) is 0.893. The van der Waals surface area contributed by atoms with Crippen molar-refractivity contribution in [1.29, 1.82) is 5.26 Å². The van der Waals surface area contributed by atoms with Crippen LogP contribution < -0.4 is 10.1 Å². The van der Waals surface area contributed by atoms with Crippen molar-refractivity contribution in [2.45, 2.75) is 19.5 Å². The average molecular weight is 256 g/mol. The highest BCUT2D eigenvalue weighted by Gasteiger charge is 2.07. The highest BCUT2D eigenvalue weighted by molar-refractivity contribution is 5.30. The Labute approximate surface area is 112 Å². The van der Waals surface area contributed by atoms with Crippen molar-refractivity contribution in [2.75, 3.05) is 7.11 Å². The third kappa shape index (κ3) is 3.36. The van der Waals surface area contributed by atoms with Crippen LogP contribution in [0.4, 0.5) is 0 Å². The first-order valence-electron chi connectivity index (χ1n) is 6.09. The first-order valence-corrected chi connectivity index (χ1v) is 6.09. The van der Waals surface area contributed by atoms with Gasteiger partial charge in [-0.25, -0.2) is 0 Å². The Morgan fingerprint density at radius 1 is 1.37 bits per heavy atom. The molecule has 0 aliphatic heterocycles. The number of hydrogen-bond donors (Lipinski definition) is 1. The topological polar surface area (TPSA) is 58.2 Å². The van der Waals surface area contributed by atoms with Gasteiger partial charge in [0.15, 0.2) is 0 Å². The molecule has 1 heterocycles. The lowest BCUT2D eigenvalue weighted by Gasteiger charge is -2.14. The maximum absolute atomic E-state index is 8.69. The molecule has 4 heteroatoms. The minimum absolute atomic E-state index is 0.172. The molecule has 1 aromatic carbocycles. The Morgan fingerprint density at radius 2 is 2.21 bits per heavy atom. The molecule has 0 radical (unpaired) electrons. The van der Waals surface area contributed by atoms with Crippen molar-refractivity contribution >= 4 is 0 Å². The molecule has 2 rings (SSSR count). The predicted octanol–water partition coefficient (Wildman–Crippen LogP) is 3.01. The number of methoxy groups -OCH3 is 1. The van der Waals surface area contributed by atoms with Gasteiger partial charge >= 0.3 is 0 Å². The molecule has 0 saturated heterocycles. The van der Waals surface area contributed by atoms with Gasteiger partial charge in [-0.1, -0.05) is 12.1 Å². The summed E-state index contributed by atoms with van der Waals surface area (Å²) in [5, 5.41) is 12.0. The van der Waals surface area contributed by atoms with Crippen LogP contribution >= 0.6 is 0 Å². The molecular formula is C15H16N2O2. The van der Waals surface area contributed by atoms with Crippen LogP contribution in [0.5, 0.6) is 5.75 Å². The van der Waals surface area contributed by atoms with Crippen LogP contribution in [-0.4, -0.2) is 7.11 Å². The molecule has 2 aromatic rings. The van der Waals surface area contributed by atoms with E-state index in [0.717, 1.165) is 17.1 Å². The summed E-state index contributed by atoms with van der Waals surface area (Å²) in [4.78, 5) is 0. The van der Waals surface area contributed by atoms with E-state index < -0.39 is 0 Å². The summed E-state index contributed by atoms with van der Waals surface area (Å²) in [6, 6.07) is 13.6. The second-order valence-corrected chi connectivity index (χ2v) is 4.26. The second-order valence-electron chi connectivity index (χ2n) is 4.26. The summed E-state index contributed by atoms with van der Waals surface area (Å²) in [5.74, 6) is 1.94. The van der Waals surface area contributed by atoms with Crippen LogP contribution in [0.1, 0.15) is 30.0 Å². The van der Waals surface area contributed by atoms with Gasteiger partial charge in [0.05, 0.1) is 13.7 Å². The molecule has 1 N–H and O–H groups in total. The van der Waals surface area contributed by atoms with Crippen molar-refractivity contribution < 1.29 is 9.15 Å². The monoisotopic (exact) mass is 256 g/mol. The van der Waals surface area contributed by atoms with Gasteiger partial charge < -0.3 is 14.5 Å². The molecular weight excluding hydrogens is 240 g/mol. The summed E-state index contributed by atoms with van der Waals surface area (Å²) < 4.78 is 10.5. The summed E-state index contributed by atoms with van der Waals surface area (Å²) >= 11 is 0. The van der Waals surface area contributed by atoms with E-state index >= 15 is 0 Å². The molecule has 4 nitrogen and oxygen atoms in total. The van der Waals surface area contributed by atoms with Gasteiger partial charge in [-0.05, 0) is 36.8 Å². The summed E-state index contributed by atoms with van der Waals surface area (Å²) in [7, 11) is 1.66. The number of benzene rings is 1. The van der Waals surface area contributed by atoms with E-state index in [1.54, 1.807) is 13.2 Å². The number of nitrogens with zero attached hydrogens (tertiary/aromatic N) is 1. The highest BCUT2D eigenvalue weighted by Crippen LogP contribution is 2.19. The number of rotatable bonds is 5. The molecule has 0 fully saturated rings. The van der Waals surface area contributed by atoms with Crippen LogP contribution in [-0.2, 0) is 6.54 Å². The van der Waals surface area contributed by atoms with Crippen LogP contribution in [0, 0.1) is 11.3 Å². The van der Waals surface area contributed by atoms with Gasteiger partial charge in [-0.15, -0.1) is 0 Å². The Bertz CT molecular complexity index is 584. The maximum Gasteiger partial charge on any atom is 0.203 e. The van der Waals surface area contributed by atoms with Gasteiger partial charge in [-0.2, -0.15) is 5.26 Å². The zero-order chi connectivity index (χ0) is 13.7. The molecule has 0 aliphatic rings. The fourth-order valence-electron chi connectivity index (χ4n) is 1.82. The Balaban J connectivity index is 1.97. The van der Waals surface area contributed by atoms with E-state index in [2.05, 4.69) is 12.2 Å². The van der Waals surface area contributed by atoms with Crippen LogP contribution in [0.25, 0.3) is 0 Å². The minimum atomic E-state index is 0.172. The van der Waals surface area contributed by atoms with E-state index in [4.69, 9.17) is 14.4 Å². The van der Waals surface area contributed by atoms with Gasteiger partial charge in [0.2, 0.25) is 5.76 Å². The first kappa shape index (κ1) is 13.2. The highest BCUT2D eigenvalue weighted by atomic mass is 16.5. The average Bonchev–Trinajstić information content (AvgIpc) is 2.93. The third-order valence-corrected chi connectivity index (χ3v) is 2.95. The van der Waals surface area contributed by atoms with Gasteiger partial charge in [0, 0.05) is 6.04 Å². The van der Waals surface area contributed by atoms with E-state index in [9.17, 15) is 0 Å². The number of nitriles is 1. The molecule has 1 aromatic heterocycles. The normalized spacial score (nSPS) is 11.8. The smallest absolute Gasteiger partial charge is 0.203 e. The van der Waals surface area contributed by atoms with E-state index in [-0.39, 0.29) is 6.04 Å². The van der Waals surface area contributed by atoms with Gasteiger partial charge in [0.25, 0.3) is 0 Å². The number of ether oxygens (including phenoxy) is 1. The van der Waals surface area contributed by atoms with Crippen molar-refractivity contribution in [3.05, 3.63) is 53.5 Å². The third-order valence-electron chi connectivity index (χ3n) is 2.95. The molecule has 0 amide bonds. The van der Waals surface area contributed by atoms with Crippen molar-refractivity contribution in [1.82, 2.24) is 5.32 Å². The standard InChI is InChI=1S/C15H16N2O2/c1-11(12-4-3-5-13(8-12)18-2)17-10-15-7-6-14(9-16)19-15/h3-8,11,17H,10H2,1-2H3/t11-/m1/s1. The molecule has 98 valence electrons. The molecule has 1 atom stereocenters.